The number of hydrogen-bond donors (Lipinski definition) is 2. The van der Waals surface area contributed by atoms with Crippen LogP contribution < -0.4 is 11.1 Å². The molecule has 0 fully saturated rings. The molecule has 1 aromatic heterocycles. The smallest absolute Gasteiger partial charge is 0.138 e. The van der Waals surface area contributed by atoms with E-state index in [-0.39, 0.29) is 0 Å². The summed E-state index contributed by atoms with van der Waals surface area (Å²) in [6.45, 7) is 1.89. The quantitative estimate of drug-likeness (QED) is 0.814. The number of nitrogens with one attached hydrogen (secondary N) is 1. The highest BCUT2D eigenvalue weighted by Crippen LogP contribution is 2.22. The minimum atomic E-state index is 0.356. The lowest BCUT2D eigenvalue weighted by Crippen LogP contribution is -2.12. The summed E-state index contributed by atoms with van der Waals surface area (Å²) in [5.74, 6) is 0.821. The topological polar surface area (TPSA) is 55.9 Å². The van der Waals surface area contributed by atoms with Crippen LogP contribution in [0.5, 0.6) is 0 Å². The fourth-order valence-corrected chi connectivity index (χ4v) is 2.00. The lowest BCUT2D eigenvalue weighted by Gasteiger charge is -2.08. The number of para-hydroxylation sites is 1. The zero-order valence-corrected chi connectivity index (χ0v) is 10.6. The van der Waals surface area contributed by atoms with Crippen molar-refractivity contribution < 1.29 is 0 Å². The van der Waals surface area contributed by atoms with Crippen LogP contribution in [0.2, 0.25) is 0 Å². The maximum atomic E-state index is 5.72. The van der Waals surface area contributed by atoms with Gasteiger partial charge in [-0.25, -0.2) is 0 Å². The molecule has 5 heteroatoms. The molecule has 0 atom stereocenters. The van der Waals surface area contributed by atoms with Gasteiger partial charge in [0.15, 0.2) is 0 Å². The van der Waals surface area contributed by atoms with Gasteiger partial charge in [0.05, 0.1) is 11.3 Å². The van der Waals surface area contributed by atoms with Crippen LogP contribution in [-0.2, 0) is 7.05 Å². The average molecular weight is 246 g/mol. The summed E-state index contributed by atoms with van der Waals surface area (Å²) in [6.07, 6.45) is 0. The summed E-state index contributed by atoms with van der Waals surface area (Å²) in [5, 5.41) is 7.59. The number of rotatable bonds is 3. The molecule has 0 aliphatic carbocycles. The summed E-state index contributed by atoms with van der Waals surface area (Å²) in [4.78, 5) is 0.356. The Balaban J connectivity index is 2.42. The molecular weight excluding hydrogens is 232 g/mol. The molecule has 0 aliphatic heterocycles. The van der Waals surface area contributed by atoms with Gasteiger partial charge in [-0.15, -0.1) is 0 Å². The number of benzene rings is 1. The molecule has 1 heterocycles. The first kappa shape index (κ1) is 11.6. The molecular formula is C12H14N4S. The molecule has 0 unspecified atom stereocenters. The van der Waals surface area contributed by atoms with Crippen LogP contribution in [0.1, 0.15) is 11.3 Å². The Labute approximate surface area is 105 Å². The first-order valence-corrected chi connectivity index (χ1v) is 5.66. The standard InChI is InChI=1S/C12H14N4S/c1-8-10(11(13)17)12(16(2)15-8)14-9-6-4-3-5-7-9/h3-7,14H,1-2H3,(H2,13,17). The van der Waals surface area contributed by atoms with Gasteiger partial charge in [-0.1, -0.05) is 30.4 Å². The van der Waals surface area contributed by atoms with E-state index in [2.05, 4.69) is 10.4 Å². The van der Waals surface area contributed by atoms with Crippen molar-refractivity contribution in [3.63, 3.8) is 0 Å². The summed E-state index contributed by atoms with van der Waals surface area (Å²) >= 11 is 5.05. The van der Waals surface area contributed by atoms with Crippen molar-refractivity contribution in [1.82, 2.24) is 9.78 Å². The fraction of sp³-hybridized carbons (Fsp3) is 0.167. The summed E-state index contributed by atoms with van der Waals surface area (Å²) < 4.78 is 1.75. The van der Waals surface area contributed by atoms with Crippen molar-refractivity contribution in [1.29, 1.82) is 0 Å². The van der Waals surface area contributed by atoms with Gasteiger partial charge in [-0.3, -0.25) is 4.68 Å². The van der Waals surface area contributed by atoms with Gasteiger partial charge in [0.1, 0.15) is 10.8 Å². The molecule has 3 N–H and O–H groups in total. The van der Waals surface area contributed by atoms with Gasteiger partial charge in [0, 0.05) is 12.7 Å². The average Bonchev–Trinajstić information content (AvgIpc) is 2.55. The Bertz CT molecular complexity index is 545. The molecule has 0 aliphatic rings. The van der Waals surface area contributed by atoms with Gasteiger partial charge in [-0.2, -0.15) is 5.10 Å². The normalized spacial score (nSPS) is 10.2. The second-order valence-corrected chi connectivity index (χ2v) is 4.23. The number of anilines is 2. The fourth-order valence-electron chi connectivity index (χ4n) is 1.75. The summed E-state index contributed by atoms with van der Waals surface area (Å²) in [7, 11) is 1.86. The molecule has 88 valence electrons. The monoisotopic (exact) mass is 246 g/mol. The minimum Gasteiger partial charge on any atom is -0.389 e. The molecule has 0 amide bonds. The van der Waals surface area contributed by atoms with E-state index >= 15 is 0 Å². The molecule has 2 rings (SSSR count). The molecule has 0 saturated heterocycles. The Morgan fingerprint density at radius 2 is 2.00 bits per heavy atom. The lowest BCUT2D eigenvalue weighted by molar-refractivity contribution is 0.765. The van der Waals surface area contributed by atoms with Crippen molar-refractivity contribution in [2.45, 2.75) is 6.92 Å². The van der Waals surface area contributed by atoms with Gasteiger partial charge in [-0.05, 0) is 19.1 Å². The number of hydrogen-bond acceptors (Lipinski definition) is 3. The Morgan fingerprint density at radius 1 is 1.35 bits per heavy atom. The Hall–Kier alpha value is -1.88. The maximum Gasteiger partial charge on any atom is 0.138 e. The van der Waals surface area contributed by atoms with Crippen molar-refractivity contribution in [2.75, 3.05) is 5.32 Å². The third kappa shape index (κ3) is 2.29. The van der Waals surface area contributed by atoms with E-state index in [1.807, 2.05) is 44.3 Å². The molecule has 17 heavy (non-hydrogen) atoms. The van der Waals surface area contributed by atoms with Crippen LogP contribution in [0.15, 0.2) is 30.3 Å². The zero-order chi connectivity index (χ0) is 12.4. The highest BCUT2D eigenvalue weighted by Gasteiger charge is 2.15. The van der Waals surface area contributed by atoms with Gasteiger partial charge < -0.3 is 11.1 Å². The minimum absolute atomic E-state index is 0.356. The van der Waals surface area contributed by atoms with Gasteiger partial charge in [0.25, 0.3) is 0 Å². The first-order chi connectivity index (χ1) is 8.09. The molecule has 0 radical (unpaired) electrons. The highest BCUT2D eigenvalue weighted by molar-refractivity contribution is 7.80. The van der Waals surface area contributed by atoms with Crippen molar-refractivity contribution in [3.05, 3.63) is 41.6 Å². The van der Waals surface area contributed by atoms with Crippen molar-refractivity contribution in [2.24, 2.45) is 12.8 Å². The third-order valence-electron chi connectivity index (χ3n) is 2.51. The number of nitrogens with two attached hydrogens (primary N) is 1. The third-order valence-corrected chi connectivity index (χ3v) is 2.71. The second-order valence-electron chi connectivity index (χ2n) is 3.79. The molecule has 0 saturated carbocycles. The van der Waals surface area contributed by atoms with Crippen LogP contribution in [0.25, 0.3) is 0 Å². The maximum absolute atomic E-state index is 5.72. The van der Waals surface area contributed by atoms with E-state index in [1.54, 1.807) is 4.68 Å². The van der Waals surface area contributed by atoms with Crippen LogP contribution in [0.3, 0.4) is 0 Å². The number of nitrogens with zero attached hydrogens (tertiary/aromatic N) is 2. The van der Waals surface area contributed by atoms with Gasteiger partial charge >= 0.3 is 0 Å². The van der Waals surface area contributed by atoms with E-state index in [1.165, 1.54) is 0 Å². The Kier molecular flexibility index (Phi) is 3.10. The van der Waals surface area contributed by atoms with Crippen LogP contribution in [-0.4, -0.2) is 14.8 Å². The summed E-state index contributed by atoms with van der Waals surface area (Å²) in [6, 6.07) is 9.85. The molecule has 0 bridgehead atoms. The van der Waals surface area contributed by atoms with E-state index in [0.29, 0.717) is 4.99 Å². The van der Waals surface area contributed by atoms with Crippen LogP contribution in [0.4, 0.5) is 11.5 Å². The SMILES string of the molecule is Cc1nn(C)c(Nc2ccccc2)c1C(N)=S. The Morgan fingerprint density at radius 3 is 2.59 bits per heavy atom. The number of aromatic nitrogens is 2. The van der Waals surface area contributed by atoms with Gasteiger partial charge in [0.2, 0.25) is 0 Å². The lowest BCUT2D eigenvalue weighted by atomic mass is 10.2. The molecule has 4 nitrogen and oxygen atoms in total. The van der Waals surface area contributed by atoms with E-state index in [9.17, 15) is 0 Å². The zero-order valence-electron chi connectivity index (χ0n) is 9.77. The van der Waals surface area contributed by atoms with Crippen LogP contribution >= 0.6 is 12.2 Å². The molecule has 2 aromatic rings. The predicted octanol–water partition coefficient (Wildman–Crippen LogP) is 2.11. The first-order valence-electron chi connectivity index (χ1n) is 5.25. The predicted molar refractivity (Wildman–Crippen MR) is 73.6 cm³/mol. The van der Waals surface area contributed by atoms with E-state index in [4.69, 9.17) is 18.0 Å². The largest absolute Gasteiger partial charge is 0.389 e. The van der Waals surface area contributed by atoms with Crippen LogP contribution in [0, 0.1) is 6.92 Å². The molecule has 1 aromatic carbocycles. The van der Waals surface area contributed by atoms with Crippen molar-refractivity contribution >= 4 is 28.7 Å². The summed E-state index contributed by atoms with van der Waals surface area (Å²) in [5.41, 5.74) is 8.33. The second kappa shape index (κ2) is 4.55. The van der Waals surface area contributed by atoms with E-state index in [0.717, 1.165) is 22.8 Å². The van der Waals surface area contributed by atoms with Crippen molar-refractivity contribution in [3.8, 4) is 0 Å². The van der Waals surface area contributed by atoms with E-state index < -0.39 is 0 Å². The number of thiocarbonyl (C=S) groups is 1. The molecule has 0 spiro atoms. The highest BCUT2D eigenvalue weighted by atomic mass is 32.1. The number of aryl methyl sites for hydroxylation is 2.